The van der Waals surface area contributed by atoms with Gasteiger partial charge in [-0.15, -0.1) is 0 Å². The van der Waals surface area contributed by atoms with Gasteiger partial charge in [0.25, 0.3) is 5.56 Å². The number of anilines is 1. The lowest BCUT2D eigenvalue weighted by Gasteiger charge is -2.30. The third-order valence-electron chi connectivity index (χ3n) is 4.17. The molecule has 2 heterocycles. The van der Waals surface area contributed by atoms with Crippen molar-refractivity contribution in [2.24, 2.45) is 20.0 Å². The molecule has 1 amide bonds. The summed E-state index contributed by atoms with van der Waals surface area (Å²) in [5.74, 6) is -2.11. The third kappa shape index (κ3) is 2.07. The van der Waals surface area contributed by atoms with Gasteiger partial charge >= 0.3 is 5.69 Å². The number of rotatable bonds is 1. The molecule has 1 aromatic heterocycles. The van der Waals surface area contributed by atoms with E-state index in [1.54, 1.807) is 24.3 Å². The van der Waals surface area contributed by atoms with Crippen molar-refractivity contribution in [3.8, 4) is 6.07 Å². The minimum Gasteiger partial charge on any atom is -0.310 e. The molecule has 2 atom stereocenters. The Labute approximate surface area is 131 Å². The Kier molecular flexibility index (Phi) is 3.37. The number of aromatic nitrogens is 2. The molecule has 0 spiro atoms. The number of benzene rings is 1. The zero-order valence-electron chi connectivity index (χ0n) is 12.6. The zero-order chi connectivity index (χ0) is 16.7. The van der Waals surface area contributed by atoms with Crippen LogP contribution >= 0.6 is 0 Å². The van der Waals surface area contributed by atoms with Crippen LogP contribution in [0.25, 0.3) is 0 Å². The van der Waals surface area contributed by atoms with Crippen LogP contribution in [0.15, 0.2) is 39.9 Å². The van der Waals surface area contributed by atoms with Gasteiger partial charge in [-0.3, -0.25) is 18.7 Å². The van der Waals surface area contributed by atoms with Crippen LogP contribution in [0.2, 0.25) is 0 Å². The van der Waals surface area contributed by atoms with Gasteiger partial charge in [0.05, 0.1) is 11.6 Å². The molecule has 3 rings (SSSR count). The lowest BCUT2D eigenvalue weighted by atomic mass is 9.79. The first-order valence-electron chi connectivity index (χ1n) is 7.02. The second-order valence-corrected chi connectivity index (χ2v) is 5.45. The summed E-state index contributed by atoms with van der Waals surface area (Å²) in [6.45, 7) is 0. The van der Waals surface area contributed by atoms with Gasteiger partial charge in [-0.2, -0.15) is 5.26 Å². The van der Waals surface area contributed by atoms with Crippen LogP contribution in [-0.4, -0.2) is 15.0 Å². The molecule has 1 aliphatic rings. The molecule has 1 aliphatic heterocycles. The fraction of sp³-hybridized carbons (Fsp3) is 0.250. The summed E-state index contributed by atoms with van der Waals surface area (Å²) in [5, 5.41) is 11.9. The van der Waals surface area contributed by atoms with Crippen molar-refractivity contribution in [3.63, 3.8) is 0 Å². The van der Waals surface area contributed by atoms with E-state index in [1.807, 2.05) is 12.1 Å². The molecule has 1 aromatic carbocycles. The largest absolute Gasteiger partial charge is 0.332 e. The van der Waals surface area contributed by atoms with Gasteiger partial charge in [0.2, 0.25) is 5.91 Å². The molecule has 2 aromatic rings. The fourth-order valence-corrected chi connectivity index (χ4v) is 2.97. The van der Waals surface area contributed by atoms with Gasteiger partial charge in [0.1, 0.15) is 11.7 Å². The van der Waals surface area contributed by atoms with Crippen molar-refractivity contribution in [2.45, 2.75) is 5.92 Å². The molecule has 0 aliphatic carbocycles. The van der Waals surface area contributed by atoms with Crippen molar-refractivity contribution in [3.05, 3.63) is 62.3 Å². The molecule has 23 heavy (non-hydrogen) atoms. The number of nitrogens with zero attached hydrogens (tertiary/aromatic N) is 3. The molecule has 2 unspecified atom stereocenters. The summed E-state index contributed by atoms with van der Waals surface area (Å²) < 4.78 is 2.21. The quantitative estimate of drug-likeness (QED) is 0.819. The topological polar surface area (TPSA) is 96.9 Å². The minimum absolute atomic E-state index is 0.156. The van der Waals surface area contributed by atoms with E-state index in [2.05, 4.69) is 5.32 Å². The lowest BCUT2D eigenvalue weighted by Crippen LogP contribution is -2.46. The van der Waals surface area contributed by atoms with E-state index in [0.717, 1.165) is 4.57 Å². The third-order valence-corrected chi connectivity index (χ3v) is 4.17. The van der Waals surface area contributed by atoms with E-state index >= 15 is 0 Å². The molecule has 0 saturated carbocycles. The van der Waals surface area contributed by atoms with Gasteiger partial charge in [-0.1, -0.05) is 30.3 Å². The van der Waals surface area contributed by atoms with Gasteiger partial charge < -0.3 is 5.32 Å². The predicted molar refractivity (Wildman–Crippen MR) is 82.9 cm³/mol. The van der Waals surface area contributed by atoms with Gasteiger partial charge in [0, 0.05) is 20.0 Å². The fourth-order valence-electron chi connectivity index (χ4n) is 2.97. The predicted octanol–water partition coefficient (Wildman–Crippen LogP) is 0.308. The first-order chi connectivity index (χ1) is 11.0. The Morgan fingerprint density at radius 1 is 1.09 bits per heavy atom. The van der Waals surface area contributed by atoms with Crippen LogP contribution in [0.5, 0.6) is 0 Å². The molecule has 1 N–H and O–H groups in total. The standard InChI is InChI=1S/C16H14N4O3/c1-19-13-12(15(22)20(2)16(19)23)11(9-6-4-3-5-7-9)10(8-17)14(21)18-13/h3-7,10-11H,1-2H3,(H,18,21). The Bertz CT molecular complexity index is 950. The highest BCUT2D eigenvalue weighted by Crippen LogP contribution is 2.37. The molecule has 0 saturated heterocycles. The van der Waals surface area contributed by atoms with Crippen LogP contribution in [0.3, 0.4) is 0 Å². The van der Waals surface area contributed by atoms with Crippen molar-refractivity contribution in [1.82, 2.24) is 9.13 Å². The number of amides is 1. The Morgan fingerprint density at radius 2 is 1.74 bits per heavy atom. The summed E-state index contributed by atoms with van der Waals surface area (Å²) in [7, 11) is 2.86. The summed E-state index contributed by atoms with van der Waals surface area (Å²) in [6.07, 6.45) is 0. The van der Waals surface area contributed by atoms with Crippen molar-refractivity contribution < 1.29 is 4.79 Å². The summed E-state index contributed by atoms with van der Waals surface area (Å²) in [6, 6.07) is 10.9. The molecule has 0 fully saturated rings. The maximum atomic E-state index is 12.6. The molecule has 7 heteroatoms. The number of fused-ring (bicyclic) bond motifs is 1. The van der Waals surface area contributed by atoms with E-state index in [0.29, 0.717) is 5.56 Å². The molecular formula is C16H14N4O3. The molecule has 0 radical (unpaired) electrons. The van der Waals surface area contributed by atoms with E-state index < -0.39 is 29.0 Å². The normalized spacial score (nSPS) is 19.6. The summed E-state index contributed by atoms with van der Waals surface area (Å²) in [5.41, 5.74) is -0.0914. The van der Waals surface area contributed by atoms with Gasteiger partial charge in [-0.05, 0) is 5.56 Å². The number of carbonyl (C=O) groups excluding carboxylic acids is 1. The van der Waals surface area contributed by atoms with Gasteiger partial charge in [0.15, 0.2) is 0 Å². The highest BCUT2D eigenvalue weighted by molar-refractivity contribution is 5.97. The van der Waals surface area contributed by atoms with Crippen molar-refractivity contribution in [1.29, 1.82) is 5.26 Å². The minimum atomic E-state index is -1.03. The maximum Gasteiger partial charge on any atom is 0.332 e. The summed E-state index contributed by atoms with van der Waals surface area (Å²) in [4.78, 5) is 37.0. The number of hydrogen-bond acceptors (Lipinski definition) is 4. The van der Waals surface area contributed by atoms with Gasteiger partial charge in [-0.25, -0.2) is 4.79 Å². The highest BCUT2D eigenvalue weighted by Gasteiger charge is 2.40. The zero-order valence-corrected chi connectivity index (χ0v) is 12.6. The monoisotopic (exact) mass is 310 g/mol. The highest BCUT2D eigenvalue weighted by atomic mass is 16.2. The van der Waals surface area contributed by atoms with Crippen LogP contribution in [0.4, 0.5) is 5.82 Å². The lowest BCUT2D eigenvalue weighted by molar-refractivity contribution is -0.119. The van der Waals surface area contributed by atoms with Crippen molar-refractivity contribution >= 4 is 11.7 Å². The number of hydrogen-bond donors (Lipinski definition) is 1. The number of carbonyl (C=O) groups is 1. The number of nitriles is 1. The molecule has 0 bridgehead atoms. The molecule has 7 nitrogen and oxygen atoms in total. The average Bonchev–Trinajstić information content (AvgIpc) is 2.57. The smallest absolute Gasteiger partial charge is 0.310 e. The molecule has 116 valence electrons. The second-order valence-electron chi connectivity index (χ2n) is 5.45. The van der Waals surface area contributed by atoms with E-state index in [9.17, 15) is 19.6 Å². The Morgan fingerprint density at radius 3 is 2.35 bits per heavy atom. The SMILES string of the molecule is Cn1c2c(c(=O)n(C)c1=O)C(c1ccccc1)C(C#N)C(=O)N2. The Hall–Kier alpha value is -3.14. The van der Waals surface area contributed by atoms with E-state index in [1.165, 1.54) is 18.7 Å². The first kappa shape index (κ1) is 14.8. The Balaban J connectivity index is 2.41. The second kappa shape index (κ2) is 5.25. The van der Waals surface area contributed by atoms with Crippen LogP contribution in [0, 0.1) is 17.2 Å². The average molecular weight is 310 g/mol. The van der Waals surface area contributed by atoms with Crippen LogP contribution < -0.4 is 16.6 Å². The summed E-state index contributed by atoms with van der Waals surface area (Å²) >= 11 is 0. The van der Waals surface area contributed by atoms with Crippen LogP contribution in [-0.2, 0) is 18.9 Å². The maximum absolute atomic E-state index is 12.6. The molecular weight excluding hydrogens is 296 g/mol. The van der Waals surface area contributed by atoms with Crippen LogP contribution in [0.1, 0.15) is 17.0 Å². The van der Waals surface area contributed by atoms with Crippen molar-refractivity contribution in [2.75, 3.05) is 5.32 Å². The first-order valence-corrected chi connectivity index (χ1v) is 7.02. The number of nitrogens with one attached hydrogen (secondary N) is 1. The van der Waals surface area contributed by atoms with E-state index in [-0.39, 0.29) is 11.4 Å². The van der Waals surface area contributed by atoms with E-state index in [4.69, 9.17) is 0 Å².